The molecule has 0 aliphatic carbocycles. The van der Waals surface area contributed by atoms with Gasteiger partial charge in [-0.1, -0.05) is 22.7 Å². The van der Waals surface area contributed by atoms with Crippen molar-refractivity contribution in [3.63, 3.8) is 0 Å². The molecule has 0 aliphatic heterocycles. The van der Waals surface area contributed by atoms with E-state index < -0.39 is 33.0 Å². The molecule has 0 spiro atoms. The molecule has 0 aromatic heterocycles. The van der Waals surface area contributed by atoms with Gasteiger partial charge in [0.25, 0.3) is 10.0 Å². The fourth-order valence-corrected chi connectivity index (χ4v) is 2.95. The summed E-state index contributed by atoms with van der Waals surface area (Å²) in [6, 6.07) is 12.4. The van der Waals surface area contributed by atoms with E-state index in [1.54, 1.807) is 24.3 Å². The number of benzene rings is 2. The number of carboxylic acid groups (broad SMARTS) is 1. The predicted octanol–water partition coefficient (Wildman–Crippen LogP) is 2.00. The van der Waals surface area contributed by atoms with Crippen molar-refractivity contribution >= 4 is 22.0 Å². The van der Waals surface area contributed by atoms with Gasteiger partial charge in [-0.05, 0) is 36.4 Å². The Bertz CT molecular complexity index is 883. The van der Waals surface area contributed by atoms with E-state index in [4.69, 9.17) is 9.84 Å². The minimum Gasteiger partial charge on any atom is -0.480 e. The molecule has 0 heterocycles. The zero-order valence-corrected chi connectivity index (χ0v) is 14.5. The molecule has 0 radical (unpaired) electrons. The average molecular weight is 380 g/mol. The molecule has 2 aromatic carbocycles. The SMILES string of the molecule is CN(CC(=O)O)C(=O)N(O)S(=O)(=O)c1ccc(Oc2ccccc2)cc1. The maximum absolute atomic E-state index is 12.3. The first-order chi connectivity index (χ1) is 12.2. The number of amides is 2. The first-order valence-corrected chi connectivity index (χ1v) is 8.70. The summed E-state index contributed by atoms with van der Waals surface area (Å²) in [5.41, 5.74) is 0. The molecule has 0 saturated heterocycles. The molecule has 2 N–H and O–H groups in total. The summed E-state index contributed by atoms with van der Waals surface area (Å²) in [7, 11) is -3.51. The number of para-hydroxylation sites is 1. The normalized spacial score (nSPS) is 10.8. The van der Waals surface area contributed by atoms with Crippen LogP contribution in [0.4, 0.5) is 4.79 Å². The number of carbonyl (C=O) groups excluding carboxylic acids is 1. The van der Waals surface area contributed by atoms with Gasteiger partial charge < -0.3 is 14.7 Å². The van der Waals surface area contributed by atoms with Crippen LogP contribution in [0.15, 0.2) is 59.5 Å². The lowest BCUT2D eigenvalue weighted by Gasteiger charge is -2.21. The van der Waals surface area contributed by atoms with Crippen LogP contribution in [0.5, 0.6) is 11.5 Å². The highest BCUT2D eigenvalue weighted by Crippen LogP contribution is 2.24. The predicted molar refractivity (Wildman–Crippen MR) is 89.4 cm³/mol. The van der Waals surface area contributed by atoms with Crippen molar-refractivity contribution < 1.29 is 33.1 Å². The lowest BCUT2D eigenvalue weighted by atomic mass is 10.3. The van der Waals surface area contributed by atoms with E-state index >= 15 is 0 Å². The van der Waals surface area contributed by atoms with E-state index in [9.17, 15) is 23.2 Å². The van der Waals surface area contributed by atoms with Gasteiger partial charge in [0.1, 0.15) is 18.0 Å². The number of aliphatic carboxylic acids is 1. The summed E-state index contributed by atoms with van der Waals surface area (Å²) >= 11 is 0. The van der Waals surface area contributed by atoms with Crippen molar-refractivity contribution in [1.82, 2.24) is 9.37 Å². The zero-order valence-electron chi connectivity index (χ0n) is 13.6. The Balaban J connectivity index is 2.15. The van der Waals surface area contributed by atoms with Crippen LogP contribution in [0.25, 0.3) is 0 Å². The van der Waals surface area contributed by atoms with E-state index in [0.29, 0.717) is 16.4 Å². The van der Waals surface area contributed by atoms with Gasteiger partial charge in [0.2, 0.25) is 0 Å². The first-order valence-electron chi connectivity index (χ1n) is 7.26. The van der Waals surface area contributed by atoms with Crippen LogP contribution in [0.2, 0.25) is 0 Å². The third-order valence-electron chi connectivity index (χ3n) is 3.19. The monoisotopic (exact) mass is 380 g/mol. The van der Waals surface area contributed by atoms with E-state index in [-0.39, 0.29) is 4.90 Å². The number of ether oxygens (including phenoxy) is 1. The molecule has 2 amide bonds. The molecule has 0 unspecified atom stereocenters. The van der Waals surface area contributed by atoms with Crippen LogP contribution in [-0.2, 0) is 14.8 Å². The summed E-state index contributed by atoms with van der Waals surface area (Å²) in [5, 5.41) is 18.3. The number of hydroxylamine groups is 1. The van der Waals surface area contributed by atoms with Crippen LogP contribution in [-0.4, -0.2) is 53.7 Å². The fraction of sp³-hybridized carbons (Fsp3) is 0.125. The number of carboxylic acids is 1. The van der Waals surface area contributed by atoms with Crippen molar-refractivity contribution in [2.75, 3.05) is 13.6 Å². The molecule has 2 rings (SSSR count). The topological polar surface area (TPSA) is 124 Å². The lowest BCUT2D eigenvalue weighted by molar-refractivity contribution is -0.137. The number of nitrogens with zero attached hydrogens (tertiary/aromatic N) is 2. The van der Waals surface area contributed by atoms with Crippen LogP contribution in [0, 0.1) is 0 Å². The average Bonchev–Trinajstić information content (AvgIpc) is 2.61. The van der Waals surface area contributed by atoms with Gasteiger partial charge in [-0.3, -0.25) is 10.0 Å². The Morgan fingerprint density at radius 2 is 1.54 bits per heavy atom. The summed E-state index contributed by atoms with van der Waals surface area (Å²) in [6.45, 7) is -0.769. The Labute approximate surface area is 149 Å². The van der Waals surface area contributed by atoms with Gasteiger partial charge in [-0.15, -0.1) is 0 Å². The van der Waals surface area contributed by atoms with E-state index in [0.717, 1.165) is 19.2 Å². The van der Waals surface area contributed by atoms with Crippen LogP contribution in [0.1, 0.15) is 0 Å². The zero-order chi connectivity index (χ0) is 19.3. The Hall–Kier alpha value is -3.11. The van der Waals surface area contributed by atoms with Crippen molar-refractivity contribution in [1.29, 1.82) is 0 Å². The number of hydrogen-bond donors (Lipinski definition) is 2. The third kappa shape index (κ3) is 4.49. The number of rotatable bonds is 6. The number of hydrogen-bond acceptors (Lipinski definition) is 6. The van der Waals surface area contributed by atoms with E-state index in [1.807, 2.05) is 6.07 Å². The van der Waals surface area contributed by atoms with Crippen molar-refractivity contribution in [2.45, 2.75) is 4.90 Å². The number of sulfonamides is 1. The largest absolute Gasteiger partial charge is 0.480 e. The van der Waals surface area contributed by atoms with Crippen LogP contribution < -0.4 is 4.74 Å². The molecule has 0 atom stereocenters. The highest BCUT2D eigenvalue weighted by molar-refractivity contribution is 7.89. The molecule has 2 aromatic rings. The quantitative estimate of drug-likeness (QED) is 0.580. The molecular weight excluding hydrogens is 364 g/mol. The Morgan fingerprint density at radius 1 is 1.00 bits per heavy atom. The Kier molecular flexibility index (Phi) is 5.80. The summed E-state index contributed by atoms with van der Waals surface area (Å²) in [4.78, 5) is 22.6. The second-order valence-electron chi connectivity index (χ2n) is 5.17. The lowest BCUT2D eigenvalue weighted by Crippen LogP contribution is -2.44. The molecule has 26 heavy (non-hydrogen) atoms. The van der Waals surface area contributed by atoms with Gasteiger partial charge >= 0.3 is 12.0 Å². The molecule has 138 valence electrons. The minimum absolute atomic E-state index is 0.356. The van der Waals surface area contributed by atoms with Crippen LogP contribution in [0.3, 0.4) is 0 Å². The standard InChI is InChI=1S/C16H16N2O7S/c1-17(11-15(19)20)16(21)18(22)26(23,24)14-9-7-13(8-10-14)25-12-5-3-2-4-6-12/h2-10,22H,11H2,1H3,(H,19,20). The molecule has 10 heteroatoms. The summed E-state index contributed by atoms with van der Waals surface area (Å²) in [5.74, 6) is -0.444. The second-order valence-corrected chi connectivity index (χ2v) is 6.93. The summed E-state index contributed by atoms with van der Waals surface area (Å²) in [6.07, 6.45) is 0. The highest BCUT2D eigenvalue weighted by Gasteiger charge is 2.31. The maximum Gasteiger partial charge on any atom is 0.359 e. The smallest absolute Gasteiger partial charge is 0.359 e. The number of likely N-dealkylation sites (N-methyl/N-ethyl adjacent to an activating group) is 1. The molecule has 0 fully saturated rings. The third-order valence-corrected chi connectivity index (χ3v) is 4.67. The Morgan fingerprint density at radius 3 is 2.08 bits per heavy atom. The van der Waals surface area contributed by atoms with Gasteiger partial charge in [0.05, 0.1) is 4.90 Å². The van der Waals surface area contributed by atoms with Gasteiger partial charge in [-0.2, -0.15) is 8.42 Å². The minimum atomic E-state index is -4.56. The number of carbonyl (C=O) groups is 2. The van der Waals surface area contributed by atoms with Crippen molar-refractivity contribution in [2.24, 2.45) is 0 Å². The van der Waals surface area contributed by atoms with Crippen molar-refractivity contribution in [3.05, 3.63) is 54.6 Å². The fourth-order valence-electron chi connectivity index (χ4n) is 1.92. The number of urea groups is 1. The first kappa shape index (κ1) is 19.2. The molecule has 9 nitrogen and oxygen atoms in total. The highest BCUT2D eigenvalue weighted by atomic mass is 32.2. The van der Waals surface area contributed by atoms with Gasteiger partial charge in [-0.25, -0.2) is 4.79 Å². The van der Waals surface area contributed by atoms with E-state index in [1.165, 1.54) is 12.1 Å². The van der Waals surface area contributed by atoms with Gasteiger partial charge in [0.15, 0.2) is 0 Å². The van der Waals surface area contributed by atoms with Gasteiger partial charge in [0, 0.05) is 7.05 Å². The summed E-state index contributed by atoms with van der Waals surface area (Å²) < 4.78 is 29.6. The van der Waals surface area contributed by atoms with Crippen LogP contribution >= 0.6 is 0 Å². The van der Waals surface area contributed by atoms with E-state index in [2.05, 4.69) is 0 Å². The van der Waals surface area contributed by atoms with Crippen molar-refractivity contribution in [3.8, 4) is 11.5 Å². The molecule has 0 saturated carbocycles. The second kappa shape index (κ2) is 7.85. The maximum atomic E-state index is 12.3. The molecular formula is C16H16N2O7S. The molecule has 0 aliphatic rings. The molecule has 0 bridgehead atoms.